The van der Waals surface area contributed by atoms with Gasteiger partial charge in [-0.15, -0.1) is 0 Å². The zero-order valence-electron chi connectivity index (χ0n) is 20.0. The standard InChI is InChI=1S/C27H25ClF2N6/c1-16-5-7-17(8-6-16)15-36-24-22(35-26(36)27(2,30)25-21(29)4-3-9-33-25)11-20(12-31)34-23(24)18-10-19(28)14-32-13-18/h3-4,9-11,13-14,16-17H,5-8,15H2,1-2H3. The fraction of sp³-hybridized carbons (Fsp3) is 0.370. The van der Waals surface area contributed by atoms with Crippen LogP contribution in [0.3, 0.4) is 0 Å². The van der Waals surface area contributed by atoms with Gasteiger partial charge in [-0.05, 0) is 49.8 Å². The molecule has 1 atom stereocenters. The third kappa shape index (κ3) is 4.44. The lowest BCUT2D eigenvalue weighted by atomic mass is 9.83. The van der Waals surface area contributed by atoms with Gasteiger partial charge >= 0.3 is 0 Å². The monoisotopic (exact) mass is 506 g/mol. The van der Waals surface area contributed by atoms with Crippen molar-refractivity contribution in [2.45, 2.75) is 51.7 Å². The van der Waals surface area contributed by atoms with Crippen molar-refractivity contribution < 1.29 is 8.78 Å². The van der Waals surface area contributed by atoms with Crippen molar-refractivity contribution >= 4 is 22.6 Å². The zero-order valence-corrected chi connectivity index (χ0v) is 20.8. The molecule has 36 heavy (non-hydrogen) atoms. The van der Waals surface area contributed by atoms with Crippen LogP contribution in [0.25, 0.3) is 22.3 Å². The van der Waals surface area contributed by atoms with Gasteiger partial charge in [0.1, 0.15) is 23.3 Å². The van der Waals surface area contributed by atoms with E-state index in [-0.39, 0.29) is 17.2 Å². The first-order valence-corrected chi connectivity index (χ1v) is 12.4. The quantitative estimate of drug-likeness (QED) is 0.304. The summed E-state index contributed by atoms with van der Waals surface area (Å²) in [6.45, 7) is 4.01. The molecule has 0 bridgehead atoms. The smallest absolute Gasteiger partial charge is 0.210 e. The molecule has 9 heteroatoms. The van der Waals surface area contributed by atoms with E-state index in [1.165, 1.54) is 37.5 Å². The average Bonchev–Trinajstić information content (AvgIpc) is 3.24. The largest absolute Gasteiger partial charge is 0.323 e. The maximum atomic E-state index is 16.6. The van der Waals surface area contributed by atoms with Crippen LogP contribution < -0.4 is 0 Å². The van der Waals surface area contributed by atoms with Gasteiger partial charge in [0.25, 0.3) is 0 Å². The van der Waals surface area contributed by atoms with Gasteiger partial charge in [-0.3, -0.25) is 9.97 Å². The van der Waals surface area contributed by atoms with E-state index >= 15 is 4.39 Å². The first-order chi connectivity index (χ1) is 17.3. The molecule has 0 N–H and O–H groups in total. The minimum Gasteiger partial charge on any atom is -0.323 e. The second-order valence-corrected chi connectivity index (χ2v) is 10.2. The molecule has 1 unspecified atom stereocenters. The normalized spacial score (nSPS) is 19.7. The molecule has 0 radical (unpaired) electrons. The van der Waals surface area contributed by atoms with E-state index in [1.54, 1.807) is 16.8 Å². The third-order valence-electron chi connectivity index (χ3n) is 7.02. The van der Waals surface area contributed by atoms with Gasteiger partial charge in [-0.2, -0.15) is 5.26 Å². The molecular weight excluding hydrogens is 482 g/mol. The summed E-state index contributed by atoms with van der Waals surface area (Å²) in [7, 11) is 0. The second-order valence-electron chi connectivity index (χ2n) is 9.74. The zero-order chi connectivity index (χ0) is 25.4. The summed E-state index contributed by atoms with van der Waals surface area (Å²) in [5.74, 6) is 0.231. The predicted octanol–water partition coefficient (Wildman–Crippen LogP) is 6.61. The summed E-state index contributed by atoms with van der Waals surface area (Å²) in [4.78, 5) is 17.4. The molecular formula is C27H25ClF2N6. The number of halogens is 3. The van der Waals surface area contributed by atoms with Crippen molar-refractivity contribution in [3.8, 4) is 17.3 Å². The van der Waals surface area contributed by atoms with Gasteiger partial charge in [0.05, 0.1) is 21.7 Å². The molecule has 1 aliphatic carbocycles. The van der Waals surface area contributed by atoms with Crippen molar-refractivity contribution in [3.63, 3.8) is 0 Å². The van der Waals surface area contributed by atoms with E-state index in [9.17, 15) is 9.65 Å². The van der Waals surface area contributed by atoms with Gasteiger partial charge in [0.15, 0.2) is 5.82 Å². The molecule has 1 fully saturated rings. The van der Waals surface area contributed by atoms with Gasteiger partial charge in [-0.25, -0.2) is 18.7 Å². The van der Waals surface area contributed by atoms with Crippen LogP contribution in [0.4, 0.5) is 8.78 Å². The van der Waals surface area contributed by atoms with Crippen LogP contribution in [0, 0.1) is 29.0 Å². The highest BCUT2D eigenvalue weighted by Gasteiger charge is 2.39. The molecule has 184 valence electrons. The molecule has 0 saturated heterocycles. The number of nitriles is 1. The summed E-state index contributed by atoms with van der Waals surface area (Å²) in [5.41, 5.74) is -0.563. The summed E-state index contributed by atoms with van der Waals surface area (Å²) in [6, 6.07) is 7.90. The molecule has 4 heterocycles. The Labute approximate surface area is 213 Å². The van der Waals surface area contributed by atoms with Gasteiger partial charge in [0, 0.05) is 36.8 Å². The lowest BCUT2D eigenvalue weighted by molar-refractivity contribution is 0.203. The number of alkyl halides is 1. The Hall–Kier alpha value is -3.44. The lowest BCUT2D eigenvalue weighted by Gasteiger charge is -2.29. The topological polar surface area (TPSA) is 80.3 Å². The molecule has 4 aromatic heterocycles. The van der Waals surface area contributed by atoms with Crippen molar-refractivity contribution in [1.82, 2.24) is 24.5 Å². The highest BCUT2D eigenvalue weighted by Crippen LogP contribution is 2.39. The van der Waals surface area contributed by atoms with Crippen LogP contribution in [-0.4, -0.2) is 24.5 Å². The second kappa shape index (κ2) is 9.55. The lowest BCUT2D eigenvalue weighted by Crippen LogP contribution is -2.28. The maximum Gasteiger partial charge on any atom is 0.210 e. The summed E-state index contributed by atoms with van der Waals surface area (Å²) in [5, 5.41) is 10.0. The number of aromatic nitrogens is 5. The van der Waals surface area contributed by atoms with Crippen LogP contribution in [0.2, 0.25) is 5.02 Å². The molecule has 0 spiro atoms. The Balaban J connectivity index is 1.78. The maximum absolute atomic E-state index is 16.6. The molecule has 0 amide bonds. The fourth-order valence-corrected chi connectivity index (χ4v) is 5.27. The SMILES string of the molecule is CC1CCC(Cn2c(C(C)(F)c3ncccc3F)nc3cc(C#N)nc(-c4cncc(Cl)c4)c32)CC1. The predicted molar refractivity (Wildman–Crippen MR) is 133 cm³/mol. The Morgan fingerprint density at radius 1 is 1.19 bits per heavy atom. The fourth-order valence-electron chi connectivity index (χ4n) is 5.10. The van der Waals surface area contributed by atoms with Crippen LogP contribution in [-0.2, 0) is 12.2 Å². The number of fused-ring (bicyclic) bond motifs is 1. The van der Waals surface area contributed by atoms with E-state index in [2.05, 4.69) is 32.9 Å². The minimum absolute atomic E-state index is 0.0295. The van der Waals surface area contributed by atoms with E-state index in [0.29, 0.717) is 45.7 Å². The van der Waals surface area contributed by atoms with Gasteiger partial charge in [-0.1, -0.05) is 31.4 Å². The highest BCUT2D eigenvalue weighted by molar-refractivity contribution is 6.30. The summed E-state index contributed by atoms with van der Waals surface area (Å²) in [6.07, 6.45) is 8.65. The molecule has 1 aliphatic rings. The number of pyridine rings is 3. The number of hydrogen-bond acceptors (Lipinski definition) is 5. The Kier molecular flexibility index (Phi) is 6.44. The van der Waals surface area contributed by atoms with Crippen molar-refractivity contribution in [3.05, 3.63) is 70.9 Å². The third-order valence-corrected chi connectivity index (χ3v) is 7.22. The van der Waals surface area contributed by atoms with E-state index in [0.717, 1.165) is 25.7 Å². The first-order valence-electron chi connectivity index (χ1n) is 12.0. The minimum atomic E-state index is -2.33. The number of rotatable bonds is 5. The van der Waals surface area contributed by atoms with Crippen molar-refractivity contribution in [1.29, 1.82) is 5.26 Å². The van der Waals surface area contributed by atoms with E-state index < -0.39 is 11.5 Å². The number of hydrogen-bond donors (Lipinski definition) is 0. The Morgan fingerprint density at radius 3 is 2.67 bits per heavy atom. The molecule has 6 nitrogen and oxygen atoms in total. The molecule has 4 aromatic rings. The van der Waals surface area contributed by atoms with E-state index in [1.807, 2.05) is 0 Å². The van der Waals surface area contributed by atoms with Crippen LogP contribution in [0.5, 0.6) is 0 Å². The Bertz CT molecular complexity index is 1470. The van der Waals surface area contributed by atoms with Gasteiger partial charge in [0.2, 0.25) is 5.67 Å². The van der Waals surface area contributed by atoms with Crippen LogP contribution in [0.15, 0.2) is 42.9 Å². The molecule has 1 saturated carbocycles. The summed E-state index contributed by atoms with van der Waals surface area (Å²) < 4.78 is 33.2. The van der Waals surface area contributed by atoms with Crippen molar-refractivity contribution in [2.24, 2.45) is 11.8 Å². The summed E-state index contributed by atoms with van der Waals surface area (Å²) >= 11 is 6.22. The van der Waals surface area contributed by atoms with Crippen molar-refractivity contribution in [2.75, 3.05) is 0 Å². The molecule has 0 aromatic carbocycles. The van der Waals surface area contributed by atoms with E-state index in [4.69, 9.17) is 11.6 Å². The number of imidazole rings is 1. The average molecular weight is 507 g/mol. The van der Waals surface area contributed by atoms with Crippen LogP contribution in [0.1, 0.15) is 56.7 Å². The van der Waals surface area contributed by atoms with Crippen LogP contribution >= 0.6 is 11.6 Å². The van der Waals surface area contributed by atoms with Gasteiger partial charge < -0.3 is 4.57 Å². The highest BCUT2D eigenvalue weighted by atomic mass is 35.5. The number of nitrogens with zero attached hydrogens (tertiary/aromatic N) is 6. The first kappa shape index (κ1) is 24.3. The molecule has 5 rings (SSSR count). The Morgan fingerprint density at radius 2 is 1.97 bits per heavy atom. The molecule has 0 aliphatic heterocycles.